The minimum Gasteiger partial charge on any atom is -0.322 e. The number of hydrogen-bond donors (Lipinski definition) is 2. The predicted molar refractivity (Wildman–Crippen MR) is 108 cm³/mol. The summed E-state index contributed by atoms with van der Waals surface area (Å²) in [6.45, 7) is 0. The van der Waals surface area contributed by atoms with Crippen molar-refractivity contribution in [2.75, 3.05) is 5.32 Å². The molecule has 27 heavy (non-hydrogen) atoms. The van der Waals surface area contributed by atoms with Gasteiger partial charge in [-0.1, -0.05) is 48.0 Å². The van der Waals surface area contributed by atoms with E-state index < -0.39 is 12.1 Å². The van der Waals surface area contributed by atoms with E-state index in [1.807, 2.05) is 30.3 Å². The number of carbonyl (C=O) groups excluding carboxylic acids is 2. The number of nitrogens with zero attached hydrogens (tertiary/aromatic N) is 1. The highest BCUT2D eigenvalue weighted by Gasteiger charge is 2.27. The van der Waals surface area contributed by atoms with E-state index in [2.05, 4.69) is 15.6 Å². The number of hydrogen-bond acceptors (Lipinski definition) is 4. The molecule has 0 aliphatic carbocycles. The second kappa shape index (κ2) is 7.34. The van der Waals surface area contributed by atoms with Gasteiger partial charge >= 0.3 is 0 Å². The van der Waals surface area contributed by atoms with Crippen LogP contribution in [0.2, 0.25) is 5.02 Å². The van der Waals surface area contributed by atoms with Crippen molar-refractivity contribution in [2.45, 2.75) is 6.17 Å². The van der Waals surface area contributed by atoms with Crippen LogP contribution in [0.15, 0.2) is 71.0 Å². The number of benzodiazepines with no additional fused rings is 1. The molecule has 0 bridgehead atoms. The van der Waals surface area contributed by atoms with Gasteiger partial charge in [0.1, 0.15) is 0 Å². The highest BCUT2D eigenvalue weighted by atomic mass is 35.5. The Morgan fingerprint density at radius 3 is 2.74 bits per heavy atom. The summed E-state index contributed by atoms with van der Waals surface area (Å²) in [5.41, 5.74) is 2.75. The van der Waals surface area contributed by atoms with E-state index in [0.29, 0.717) is 21.3 Å². The smallest absolute Gasteiger partial charge is 0.269 e. The lowest BCUT2D eigenvalue weighted by Gasteiger charge is -2.12. The van der Waals surface area contributed by atoms with Gasteiger partial charge in [0.05, 0.1) is 16.3 Å². The van der Waals surface area contributed by atoms with Crippen LogP contribution >= 0.6 is 22.9 Å². The summed E-state index contributed by atoms with van der Waals surface area (Å²) in [5.74, 6) is -0.741. The summed E-state index contributed by atoms with van der Waals surface area (Å²) in [4.78, 5) is 30.2. The maximum absolute atomic E-state index is 12.7. The summed E-state index contributed by atoms with van der Waals surface area (Å²) in [6, 6.07) is 18.1. The maximum Gasteiger partial charge on any atom is 0.269 e. The van der Waals surface area contributed by atoms with Crippen molar-refractivity contribution in [3.8, 4) is 0 Å². The van der Waals surface area contributed by atoms with Crippen molar-refractivity contribution in [1.82, 2.24) is 5.32 Å². The summed E-state index contributed by atoms with van der Waals surface area (Å²) >= 11 is 7.45. The van der Waals surface area contributed by atoms with Crippen LogP contribution in [0.4, 0.5) is 5.69 Å². The van der Waals surface area contributed by atoms with Gasteiger partial charge in [-0.3, -0.25) is 9.59 Å². The lowest BCUT2D eigenvalue weighted by molar-refractivity contribution is -0.117. The van der Waals surface area contributed by atoms with Gasteiger partial charge in [-0.25, -0.2) is 4.99 Å². The topological polar surface area (TPSA) is 70.6 Å². The zero-order valence-corrected chi connectivity index (χ0v) is 15.6. The number of carbonyl (C=O) groups is 2. The van der Waals surface area contributed by atoms with E-state index in [1.165, 1.54) is 11.3 Å². The number of amides is 2. The lowest BCUT2D eigenvalue weighted by Crippen LogP contribution is -2.42. The van der Waals surface area contributed by atoms with Gasteiger partial charge in [-0.2, -0.15) is 0 Å². The van der Waals surface area contributed by atoms with Gasteiger partial charge in [-0.05, 0) is 29.6 Å². The molecule has 0 saturated carbocycles. The molecule has 2 amide bonds. The second-order valence-corrected chi connectivity index (χ2v) is 7.26. The Morgan fingerprint density at radius 2 is 1.96 bits per heavy atom. The Hall–Kier alpha value is -2.96. The van der Waals surface area contributed by atoms with Gasteiger partial charge in [0, 0.05) is 16.1 Å². The first-order valence-corrected chi connectivity index (χ1v) is 9.46. The first-order valence-electron chi connectivity index (χ1n) is 8.20. The Kier molecular flexibility index (Phi) is 4.75. The van der Waals surface area contributed by atoms with Crippen LogP contribution in [-0.2, 0) is 4.79 Å². The number of rotatable bonds is 3. The lowest BCUT2D eigenvalue weighted by atomic mass is 10.0. The fourth-order valence-corrected chi connectivity index (χ4v) is 3.64. The predicted octanol–water partition coefficient (Wildman–Crippen LogP) is 3.95. The second-order valence-electron chi connectivity index (χ2n) is 5.88. The van der Waals surface area contributed by atoms with Gasteiger partial charge in [0.25, 0.3) is 11.8 Å². The van der Waals surface area contributed by atoms with Crippen molar-refractivity contribution in [3.05, 3.63) is 87.1 Å². The minimum atomic E-state index is -1.05. The molecule has 0 saturated heterocycles. The largest absolute Gasteiger partial charge is 0.322 e. The molecule has 2 N–H and O–H groups in total. The number of anilines is 1. The van der Waals surface area contributed by atoms with Crippen LogP contribution in [0, 0.1) is 0 Å². The minimum absolute atomic E-state index is 0.342. The molecule has 3 aromatic rings. The molecule has 1 aromatic heterocycles. The monoisotopic (exact) mass is 395 g/mol. The summed E-state index contributed by atoms with van der Waals surface area (Å²) in [5, 5.41) is 7.91. The van der Waals surface area contributed by atoms with Crippen molar-refractivity contribution in [1.29, 1.82) is 0 Å². The first kappa shape index (κ1) is 17.5. The fourth-order valence-electron chi connectivity index (χ4n) is 2.82. The molecule has 1 aliphatic rings. The van der Waals surface area contributed by atoms with E-state index in [4.69, 9.17) is 11.6 Å². The normalized spacial score (nSPS) is 16.0. The number of halogens is 1. The molecule has 0 radical (unpaired) electrons. The van der Waals surface area contributed by atoms with Crippen LogP contribution in [0.1, 0.15) is 20.8 Å². The molecule has 2 aromatic carbocycles. The molecule has 134 valence electrons. The van der Waals surface area contributed by atoms with Gasteiger partial charge < -0.3 is 10.6 Å². The molecular weight excluding hydrogens is 382 g/mol. The van der Waals surface area contributed by atoms with E-state index in [0.717, 1.165) is 11.1 Å². The van der Waals surface area contributed by atoms with Crippen molar-refractivity contribution in [3.63, 3.8) is 0 Å². The molecule has 4 rings (SSSR count). The van der Waals surface area contributed by atoms with Crippen molar-refractivity contribution in [2.24, 2.45) is 4.99 Å². The molecule has 7 heteroatoms. The third kappa shape index (κ3) is 3.63. The van der Waals surface area contributed by atoms with E-state index >= 15 is 0 Å². The number of thiophene rings is 1. The molecule has 1 atom stereocenters. The number of aliphatic imine (C=N–C) groups is 1. The molecular formula is C20H14ClN3O2S. The molecule has 0 spiro atoms. The average molecular weight is 396 g/mol. The third-order valence-electron chi connectivity index (χ3n) is 4.06. The Bertz CT molecular complexity index is 1050. The van der Waals surface area contributed by atoms with Crippen LogP contribution < -0.4 is 10.6 Å². The van der Waals surface area contributed by atoms with Crippen molar-refractivity contribution < 1.29 is 9.59 Å². The van der Waals surface area contributed by atoms with Crippen LogP contribution in [-0.4, -0.2) is 23.7 Å². The van der Waals surface area contributed by atoms with E-state index in [-0.39, 0.29) is 5.91 Å². The van der Waals surface area contributed by atoms with E-state index in [9.17, 15) is 9.59 Å². The van der Waals surface area contributed by atoms with Gasteiger partial charge in [-0.15, -0.1) is 11.3 Å². The first-order chi connectivity index (χ1) is 13.1. The van der Waals surface area contributed by atoms with Crippen LogP contribution in [0.25, 0.3) is 0 Å². The number of fused-ring (bicyclic) bond motifs is 1. The van der Waals surface area contributed by atoms with Crippen molar-refractivity contribution >= 4 is 46.2 Å². The zero-order chi connectivity index (χ0) is 18.8. The number of nitrogens with one attached hydrogen (secondary N) is 2. The summed E-state index contributed by atoms with van der Waals surface area (Å²) in [7, 11) is 0. The standard InChI is InChI=1S/C20H14ClN3O2S/c21-13-6-3-5-12(11-13)17-14-7-1-2-8-15(14)22-20(26)18(23-17)24-19(25)16-9-4-10-27-16/h1-11,18H,(H,22,26)(H,24,25). The fraction of sp³-hybridized carbons (Fsp3) is 0.0500. The molecule has 5 nitrogen and oxygen atoms in total. The highest BCUT2D eigenvalue weighted by Crippen LogP contribution is 2.25. The average Bonchev–Trinajstić information content (AvgIpc) is 3.16. The van der Waals surface area contributed by atoms with Crippen LogP contribution in [0.3, 0.4) is 0 Å². The van der Waals surface area contributed by atoms with Gasteiger partial charge in [0.15, 0.2) is 0 Å². The molecule has 2 heterocycles. The SMILES string of the molecule is O=C(NC1N=C(c2cccc(Cl)c2)c2ccccc2NC1=O)c1cccs1. The Balaban J connectivity index is 1.78. The Labute approximate surface area is 164 Å². The third-order valence-corrected chi connectivity index (χ3v) is 5.16. The molecule has 0 fully saturated rings. The van der Waals surface area contributed by atoms with Gasteiger partial charge in [0.2, 0.25) is 6.17 Å². The van der Waals surface area contributed by atoms with Crippen LogP contribution in [0.5, 0.6) is 0 Å². The summed E-state index contributed by atoms with van der Waals surface area (Å²) in [6.07, 6.45) is -1.05. The molecule has 1 unspecified atom stereocenters. The number of para-hydroxylation sites is 1. The van der Waals surface area contributed by atoms with E-state index in [1.54, 1.807) is 35.7 Å². The Morgan fingerprint density at radius 1 is 1.11 bits per heavy atom. The molecule has 1 aliphatic heterocycles. The summed E-state index contributed by atoms with van der Waals surface area (Å²) < 4.78 is 0. The quantitative estimate of drug-likeness (QED) is 0.705. The number of benzene rings is 2. The zero-order valence-electron chi connectivity index (χ0n) is 14.0. The maximum atomic E-state index is 12.7. The highest BCUT2D eigenvalue weighted by molar-refractivity contribution is 7.12.